The Balaban J connectivity index is 1.95. The molecule has 1 aliphatic rings. The maximum atomic E-state index is 12.2. The van der Waals surface area contributed by atoms with E-state index in [0.717, 1.165) is 30.8 Å². The normalized spacial score (nSPS) is 15.8. The number of nitrogens with zero attached hydrogens (tertiary/aromatic N) is 2. The van der Waals surface area contributed by atoms with Gasteiger partial charge in [-0.25, -0.2) is 0 Å². The van der Waals surface area contributed by atoms with Crippen LogP contribution in [0.2, 0.25) is 0 Å². The van der Waals surface area contributed by atoms with Gasteiger partial charge in [-0.1, -0.05) is 0 Å². The van der Waals surface area contributed by atoms with E-state index in [9.17, 15) is 9.59 Å². The minimum Gasteiger partial charge on any atom is -0.469 e. The van der Waals surface area contributed by atoms with Crippen molar-refractivity contribution in [1.82, 2.24) is 15.1 Å². The Kier molecular flexibility index (Phi) is 4.79. The van der Waals surface area contributed by atoms with Gasteiger partial charge in [-0.15, -0.1) is 0 Å². The molecular weight excluding hydrogens is 258 g/mol. The molecule has 1 fully saturated rings. The smallest absolute Gasteiger partial charge is 0.312 e. The highest BCUT2D eigenvalue weighted by Gasteiger charge is 2.25. The highest BCUT2D eigenvalue weighted by atomic mass is 16.3. The third kappa shape index (κ3) is 3.39. The molecule has 6 nitrogen and oxygen atoms in total. The molecule has 2 rings (SSSR count). The first kappa shape index (κ1) is 14.6. The number of furan rings is 1. The van der Waals surface area contributed by atoms with Crippen LogP contribution in [-0.4, -0.2) is 54.8 Å². The van der Waals surface area contributed by atoms with E-state index in [1.165, 1.54) is 4.90 Å². The Morgan fingerprint density at radius 3 is 2.90 bits per heavy atom. The van der Waals surface area contributed by atoms with Crippen LogP contribution < -0.4 is 5.32 Å². The van der Waals surface area contributed by atoms with E-state index >= 15 is 0 Å². The van der Waals surface area contributed by atoms with Crippen molar-refractivity contribution in [3.8, 4) is 0 Å². The summed E-state index contributed by atoms with van der Waals surface area (Å²) in [4.78, 5) is 27.4. The first-order valence-corrected chi connectivity index (χ1v) is 6.87. The largest absolute Gasteiger partial charge is 0.469 e. The number of amides is 2. The fraction of sp³-hybridized carbons (Fsp3) is 0.571. The first-order valence-electron chi connectivity index (χ1n) is 6.87. The fourth-order valence-corrected chi connectivity index (χ4v) is 2.25. The summed E-state index contributed by atoms with van der Waals surface area (Å²) in [6, 6.07) is 1.82. The topological polar surface area (TPSA) is 65.8 Å². The minimum absolute atomic E-state index is 0.388. The molecule has 2 amide bonds. The Bertz CT molecular complexity index is 476. The maximum absolute atomic E-state index is 12.2. The van der Waals surface area contributed by atoms with Gasteiger partial charge in [-0.2, -0.15) is 0 Å². The van der Waals surface area contributed by atoms with E-state index in [4.69, 9.17) is 4.42 Å². The van der Waals surface area contributed by atoms with Crippen molar-refractivity contribution < 1.29 is 14.0 Å². The van der Waals surface area contributed by atoms with E-state index in [-0.39, 0.29) is 0 Å². The second kappa shape index (κ2) is 6.56. The number of aryl methyl sites for hydroxylation is 1. The van der Waals surface area contributed by atoms with E-state index in [1.54, 1.807) is 18.2 Å². The Morgan fingerprint density at radius 2 is 2.20 bits per heavy atom. The molecular formula is C14H21N3O3. The van der Waals surface area contributed by atoms with Crippen LogP contribution in [0.1, 0.15) is 17.7 Å². The number of carbonyl (C=O) groups is 2. The quantitative estimate of drug-likeness (QED) is 0.794. The number of likely N-dealkylation sites (N-methyl/N-ethyl adjacent to an activating group) is 1. The van der Waals surface area contributed by atoms with Crippen molar-refractivity contribution in [2.75, 3.05) is 33.2 Å². The first-order chi connectivity index (χ1) is 9.59. The standard InChI is InChI=1S/C14H21N3O3/c1-11-12(4-9-20-11)10-16(2)13(18)14(19)17-7-3-5-15-6-8-17/h4,9,15H,3,5-8,10H2,1-2H3. The molecule has 0 aliphatic carbocycles. The molecule has 0 atom stereocenters. The molecule has 20 heavy (non-hydrogen) atoms. The molecule has 0 unspecified atom stereocenters. The molecule has 1 aromatic heterocycles. The summed E-state index contributed by atoms with van der Waals surface area (Å²) in [5.74, 6) is -0.110. The lowest BCUT2D eigenvalue weighted by atomic mass is 10.2. The minimum atomic E-state index is -0.465. The summed E-state index contributed by atoms with van der Waals surface area (Å²) < 4.78 is 5.20. The van der Waals surface area contributed by atoms with Gasteiger partial charge in [-0.05, 0) is 26.0 Å². The summed E-state index contributed by atoms with van der Waals surface area (Å²) in [6.45, 7) is 5.08. The predicted molar refractivity (Wildman–Crippen MR) is 74.0 cm³/mol. The Labute approximate surface area is 118 Å². The molecule has 0 radical (unpaired) electrons. The number of hydrogen-bond acceptors (Lipinski definition) is 4. The zero-order chi connectivity index (χ0) is 14.5. The van der Waals surface area contributed by atoms with Gasteiger partial charge in [0.25, 0.3) is 0 Å². The number of hydrogen-bond donors (Lipinski definition) is 1. The number of nitrogens with one attached hydrogen (secondary N) is 1. The van der Waals surface area contributed by atoms with Crippen LogP contribution in [0.4, 0.5) is 0 Å². The summed E-state index contributed by atoms with van der Waals surface area (Å²) in [5.41, 5.74) is 0.922. The molecule has 0 spiro atoms. The van der Waals surface area contributed by atoms with Crippen LogP contribution in [0, 0.1) is 6.92 Å². The van der Waals surface area contributed by atoms with Crippen molar-refractivity contribution in [1.29, 1.82) is 0 Å². The molecule has 1 aliphatic heterocycles. The van der Waals surface area contributed by atoms with Crippen molar-refractivity contribution in [2.45, 2.75) is 19.9 Å². The van der Waals surface area contributed by atoms with Crippen molar-refractivity contribution in [3.63, 3.8) is 0 Å². The summed E-state index contributed by atoms with van der Waals surface area (Å²) in [6.07, 6.45) is 2.47. The summed E-state index contributed by atoms with van der Waals surface area (Å²) in [5, 5.41) is 3.21. The maximum Gasteiger partial charge on any atom is 0.312 e. The third-order valence-electron chi connectivity index (χ3n) is 3.53. The molecule has 0 saturated carbocycles. The number of carbonyl (C=O) groups excluding carboxylic acids is 2. The van der Waals surface area contributed by atoms with Gasteiger partial charge in [0.15, 0.2) is 0 Å². The monoisotopic (exact) mass is 279 g/mol. The second-order valence-electron chi connectivity index (χ2n) is 5.06. The molecule has 0 aromatic carbocycles. The molecule has 110 valence electrons. The molecule has 6 heteroatoms. The van der Waals surface area contributed by atoms with Crippen molar-refractivity contribution in [3.05, 3.63) is 23.7 Å². The Morgan fingerprint density at radius 1 is 1.40 bits per heavy atom. The Hall–Kier alpha value is -1.82. The zero-order valence-corrected chi connectivity index (χ0v) is 12.0. The van der Waals surface area contributed by atoms with Crippen molar-refractivity contribution in [2.24, 2.45) is 0 Å². The van der Waals surface area contributed by atoms with E-state index in [0.29, 0.717) is 19.6 Å². The van der Waals surface area contributed by atoms with Gasteiger partial charge in [0.2, 0.25) is 0 Å². The lowest BCUT2D eigenvalue weighted by Gasteiger charge is -2.23. The third-order valence-corrected chi connectivity index (χ3v) is 3.53. The lowest BCUT2D eigenvalue weighted by molar-refractivity contribution is -0.151. The van der Waals surface area contributed by atoms with Gasteiger partial charge in [-0.3, -0.25) is 9.59 Å². The van der Waals surface area contributed by atoms with Gasteiger partial charge < -0.3 is 19.5 Å². The summed E-state index contributed by atoms with van der Waals surface area (Å²) >= 11 is 0. The highest BCUT2D eigenvalue weighted by Crippen LogP contribution is 2.11. The summed E-state index contributed by atoms with van der Waals surface area (Å²) in [7, 11) is 1.64. The van der Waals surface area contributed by atoms with Gasteiger partial charge in [0.1, 0.15) is 5.76 Å². The van der Waals surface area contributed by atoms with Crippen LogP contribution in [0.5, 0.6) is 0 Å². The van der Waals surface area contributed by atoms with Gasteiger partial charge >= 0.3 is 11.8 Å². The van der Waals surface area contributed by atoms with Crippen LogP contribution in [0.25, 0.3) is 0 Å². The average Bonchev–Trinajstić information content (AvgIpc) is 2.71. The highest BCUT2D eigenvalue weighted by molar-refractivity contribution is 6.34. The lowest BCUT2D eigenvalue weighted by Crippen LogP contribution is -2.44. The van der Waals surface area contributed by atoms with Crippen molar-refractivity contribution >= 4 is 11.8 Å². The molecule has 1 saturated heterocycles. The van der Waals surface area contributed by atoms with Gasteiger partial charge in [0.05, 0.1) is 6.26 Å². The zero-order valence-electron chi connectivity index (χ0n) is 12.0. The molecule has 0 bridgehead atoms. The van der Waals surface area contributed by atoms with E-state index < -0.39 is 11.8 Å². The fourth-order valence-electron chi connectivity index (χ4n) is 2.25. The predicted octanol–water partition coefficient (Wildman–Crippen LogP) is 0.368. The van der Waals surface area contributed by atoms with Crippen LogP contribution in [0.3, 0.4) is 0 Å². The molecule has 1 aromatic rings. The van der Waals surface area contributed by atoms with Crippen LogP contribution >= 0.6 is 0 Å². The van der Waals surface area contributed by atoms with Crippen LogP contribution in [0.15, 0.2) is 16.7 Å². The SMILES string of the molecule is Cc1occc1CN(C)C(=O)C(=O)N1CCCNCC1. The van der Waals surface area contributed by atoms with Gasteiger partial charge in [0, 0.05) is 38.8 Å². The van der Waals surface area contributed by atoms with Crippen LogP contribution in [-0.2, 0) is 16.1 Å². The molecule has 2 heterocycles. The molecule has 1 N–H and O–H groups in total. The second-order valence-corrected chi connectivity index (χ2v) is 5.06. The number of rotatable bonds is 2. The van der Waals surface area contributed by atoms with E-state index in [2.05, 4.69) is 5.32 Å². The van der Waals surface area contributed by atoms with E-state index in [1.807, 2.05) is 13.0 Å². The average molecular weight is 279 g/mol.